The van der Waals surface area contributed by atoms with Gasteiger partial charge in [-0.1, -0.05) is 18.2 Å². The molecule has 1 heterocycles. The number of hydrogen-bond donors (Lipinski definition) is 3. The van der Waals surface area contributed by atoms with Gasteiger partial charge in [0, 0.05) is 24.7 Å². The van der Waals surface area contributed by atoms with Crippen molar-refractivity contribution in [1.29, 1.82) is 0 Å². The van der Waals surface area contributed by atoms with Gasteiger partial charge in [0.05, 0.1) is 10.2 Å². The van der Waals surface area contributed by atoms with Crippen molar-refractivity contribution >= 4 is 23.4 Å². The molecular weight excluding hydrogens is 374 g/mol. The highest BCUT2D eigenvalue weighted by molar-refractivity contribution is 6.30. The summed E-state index contributed by atoms with van der Waals surface area (Å²) in [6.07, 6.45) is 1.53. The number of rotatable bonds is 5. The Morgan fingerprint density at radius 1 is 1.41 bits per heavy atom. The Hall–Kier alpha value is -3.13. The minimum atomic E-state index is -0.741. The highest BCUT2D eigenvalue weighted by Crippen LogP contribution is 2.13. The Morgan fingerprint density at radius 2 is 2.11 bits per heavy atom. The fourth-order valence-electron chi connectivity index (χ4n) is 2.31. The van der Waals surface area contributed by atoms with Crippen molar-refractivity contribution in [3.8, 4) is 5.75 Å². The molecule has 1 aliphatic heterocycles. The highest BCUT2D eigenvalue weighted by atomic mass is 35.5. The number of amides is 2. The monoisotopic (exact) mass is 391 g/mol. The topological polar surface area (TPSA) is 121 Å². The van der Waals surface area contributed by atoms with Crippen LogP contribution in [0.2, 0.25) is 5.02 Å². The standard InChI is InChI=1S/C18H18ClN3O5/c1-10(2)18(26)20-7-3-6-14(24)21-12-9-11(19)16-15(17(12)25)13(23)5-4-8-22(16)27/h4-5,8-9,23,27H,1,3,6-7H2,2H3,(H,20,26). The van der Waals surface area contributed by atoms with Crippen LogP contribution >= 0.6 is 11.6 Å². The van der Waals surface area contributed by atoms with Crippen LogP contribution in [0.3, 0.4) is 0 Å². The SMILES string of the molecule is C=C(C)C(=O)NCCCC(=O)N=c1cc(Cl)c2n(O)cccc(O)c=2c1=O. The maximum atomic E-state index is 12.6. The first-order valence-corrected chi connectivity index (χ1v) is 8.38. The lowest BCUT2D eigenvalue weighted by molar-refractivity contribution is -0.119. The second-order valence-corrected chi connectivity index (χ2v) is 6.22. The van der Waals surface area contributed by atoms with Crippen LogP contribution < -0.4 is 16.1 Å². The van der Waals surface area contributed by atoms with Gasteiger partial charge in [-0.15, -0.1) is 0 Å². The van der Waals surface area contributed by atoms with E-state index in [4.69, 9.17) is 11.6 Å². The predicted octanol–water partition coefficient (Wildman–Crippen LogP) is 1.07. The molecular formula is C18H18ClN3O5. The molecule has 8 nitrogen and oxygen atoms in total. The molecule has 0 radical (unpaired) electrons. The molecule has 0 bridgehead atoms. The van der Waals surface area contributed by atoms with Crippen molar-refractivity contribution < 1.29 is 19.9 Å². The van der Waals surface area contributed by atoms with Gasteiger partial charge >= 0.3 is 0 Å². The number of nitrogens with zero attached hydrogens (tertiary/aromatic N) is 2. The van der Waals surface area contributed by atoms with Crippen LogP contribution in [-0.2, 0) is 9.59 Å². The van der Waals surface area contributed by atoms with E-state index in [0.717, 1.165) is 6.07 Å². The van der Waals surface area contributed by atoms with Crippen LogP contribution in [-0.4, -0.2) is 33.4 Å². The molecule has 0 fully saturated rings. The number of carbonyl (C=O) groups is 2. The molecule has 0 saturated heterocycles. The summed E-state index contributed by atoms with van der Waals surface area (Å²) in [7, 11) is 0. The fourth-order valence-corrected chi connectivity index (χ4v) is 2.59. The average molecular weight is 392 g/mol. The highest BCUT2D eigenvalue weighted by Gasteiger charge is 2.10. The van der Waals surface area contributed by atoms with E-state index in [-0.39, 0.29) is 39.8 Å². The summed E-state index contributed by atoms with van der Waals surface area (Å²) >= 11 is 6.09. The predicted molar refractivity (Wildman–Crippen MR) is 97.5 cm³/mol. The molecule has 2 aliphatic rings. The van der Waals surface area contributed by atoms with Crippen LogP contribution in [0.15, 0.2) is 46.3 Å². The molecule has 27 heavy (non-hydrogen) atoms. The molecule has 0 aromatic rings. The fraction of sp³-hybridized carbons (Fsp3) is 0.222. The van der Waals surface area contributed by atoms with Crippen LogP contribution in [0.5, 0.6) is 5.75 Å². The lowest BCUT2D eigenvalue weighted by Gasteiger charge is -2.02. The zero-order valence-electron chi connectivity index (χ0n) is 14.5. The van der Waals surface area contributed by atoms with E-state index in [1.165, 1.54) is 18.3 Å². The van der Waals surface area contributed by atoms with E-state index in [0.29, 0.717) is 16.7 Å². The normalized spacial score (nSPS) is 11.4. The van der Waals surface area contributed by atoms with Crippen molar-refractivity contribution in [2.24, 2.45) is 4.99 Å². The number of hydrogen-bond acceptors (Lipinski definition) is 5. The third-order valence-electron chi connectivity index (χ3n) is 3.64. The Morgan fingerprint density at radius 3 is 2.78 bits per heavy atom. The molecule has 2 rings (SSSR count). The first kappa shape index (κ1) is 20.2. The molecule has 0 saturated carbocycles. The van der Waals surface area contributed by atoms with Crippen molar-refractivity contribution in [2.45, 2.75) is 19.8 Å². The first-order valence-electron chi connectivity index (χ1n) is 8.00. The summed E-state index contributed by atoms with van der Waals surface area (Å²) in [4.78, 5) is 39.7. The number of aromatic hydroxyl groups is 1. The second-order valence-electron chi connectivity index (χ2n) is 5.81. The van der Waals surface area contributed by atoms with Gasteiger partial charge < -0.3 is 15.6 Å². The minimum absolute atomic E-state index is 0.000115. The summed E-state index contributed by atoms with van der Waals surface area (Å²) in [5, 5.41) is 21.9. The molecule has 0 aromatic heterocycles. The van der Waals surface area contributed by atoms with Crippen molar-refractivity contribution in [1.82, 2.24) is 10.0 Å². The van der Waals surface area contributed by atoms with Gasteiger partial charge in [-0.05, 0) is 31.5 Å². The van der Waals surface area contributed by atoms with Crippen LogP contribution in [0.25, 0.3) is 0 Å². The van der Waals surface area contributed by atoms with E-state index in [9.17, 15) is 24.7 Å². The van der Waals surface area contributed by atoms with Crippen LogP contribution in [0.1, 0.15) is 19.8 Å². The lowest BCUT2D eigenvalue weighted by Crippen LogP contribution is -2.28. The van der Waals surface area contributed by atoms with Crippen molar-refractivity contribution in [3.05, 3.63) is 67.7 Å². The second kappa shape index (κ2) is 8.50. The minimum Gasteiger partial charge on any atom is -0.507 e. The van der Waals surface area contributed by atoms with Gasteiger partial charge in [0.2, 0.25) is 17.2 Å². The molecule has 0 aromatic carbocycles. The van der Waals surface area contributed by atoms with Crippen LogP contribution in [0.4, 0.5) is 0 Å². The Bertz CT molecular complexity index is 1110. The number of nitrogens with one attached hydrogen (secondary N) is 1. The summed E-state index contributed by atoms with van der Waals surface area (Å²) in [6.45, 7) is 5.33. The van der Waals surface area contributed by atoms with Gasteiger partial charge in [-0.25, -0.2) is 4.99 Å². The maximum absolute atomic E-state index is 12.6. The molecule has 9 heteroatoms. The molecule has 0 spiro atoms. The van der Waals surface area contributed by atoms with E-state index < -0.39 is 17.1 Å². The smallest absolute Gasteiger partial charge is 0.246 e. The number of aromatic nitrogens is 1. The summed E-state index contributed by atoms with van der Waals surface area (Å²) < 4.78 is 0.606. The summed E-state index contributed by atoms with van der Waals surface area (Å²) in [5.74, 6) is -1.29. The van der Waals surface area contributed by atoms with Crippen molar-refractivity contribution in [2.75, 3.05) is 6.54 Å². The number of halogens is 1. The van der Waals surface area contributed by atoms with Gasteiger partial charge in [0.25, 0.3) is 0 Å². The van der Waals surface area contributed by atoms with Gasteiger partial charge in [0.1, 0.15) is 16.5 Å². The molecule has 0 unspecified atom stereocenters. The number of carbonyl (C=O) groups excluding carboxylic acids is 2. The van der Waals surface area contributed by atoms with E-state index >= 15 is 0 Å². The molecule has 3 N–H and O–H groups in total. The zero-order chi connectivity index (χ0) is 20.1. The molecule has 1 aliphatic carbocycles. The first-order chi connectivity index (χ1) is 12.7. The van der Waals surface area contributed by atoms with E-state index in [1.807, 2.05) is 0 Å². The Kier molecular flexibility index (Phi) is 6.36. The Balaban J connectivity index is 2.34. The molecule has 142 valence electrons. The largest absolute Gasteiger partial charge is 0.507 e. The van der Waals surface area contributed by atoms with E-state index in [2.05, 4.69) is 16.9 Å². The summed E-state index contributed by atoms with van der Waals surface area (Å²) in [5.41, 5.74) is -0.378. The third kappa shape index (κ3) is 4.73. The van der Waals surface area contributed by atoms with Crippen LogP contribution in [0, 0.1) is 10.6 Å². The quantitative estimate of drug-likeness (QED) is 0.400. The van der Waals surface area contributed by atoms with Crippen molar-refractivity contribution in [3.63, 3.8) is 0 Å². The van der Waals surface area contributed by atoms with Gasteiger partial charge in [0.15, 0.2) is 0 Å². The average Bonchev–Trinajstić information content (AvgIpc) is 2.74. The third-order valence-corrected chi connectivity index (χ3v) is 3.93. The Labute approximate surface area is 158 Å². The summed E-state index contributed by atoms with van der Waals surface area (Å²) in [6, 6.07) is 3.69. The van der Waals surface area contributed by atoms with E-state index in [1.54, 1.807) is 6.92 Å². The van der Waals surface area contributed by atoms with Gasteiger partial charge in [-0.3, -0.25) is 14.4 Å². The lowest BCUT2D eigenvalue weighted by atomic mass is 10.2. The zero-order valence-corrected chi connectivity index (χ0v) is 15.3. The van der Waals surface area contributed by atoms with Gasteiger partial charge in [-0.2, -0.15) is 4.73 Å². The molecule has 2 amide bonds. The molecule has 0 atom stereocenters. The maximum Gasteiger partial charge on any atom is 0.246 e.